The third kappa shape index (κ3) is 1.82. The summed E-state index contributed by atoms with van der Waals surface area (Å²) in [6.07, 6.45) is 0. The number of aromatic amines is 1. The van der Waals surface area contributed by atoms with Gasteiger partial charge < -0.3 is 10.1 Å². The summed E-state index contributed by atoms with van der Waals surface area (Å²) in [6, 6.07) is 10.2. The van der Waals surface area contributed by atoms with Crippen LogP contribution in [0.2, 0.25) is 5.02 Å². The molecule has 0 unspecified atom stereocenters. The van der Waals surface area contributed by atoms with Gasteiger partial charge in [-0.15, -0.1) is 12.4 Å². The molecule has 3 nitrogen and oxygen atoms in total. The highest BCUT2D eigenvalue weighted by Gasteiger charge is 2.08. The third-order valence-electron chi connectivity index (χ3n) is 2.78. The van der Waals surface area contributed by atoms with Crippen LogP contribution in [0.4, 0.5) is 0 Å². The fourth-order valence-electron chi connectivity index (χ4n) is 2.03. The Morgan fingerprint density at radius 3 is 2.44 bits per heavy atom. The molecular formula is C13H9Cl2NO2. The first-order chi connectivity index (χ1) is 8.16. The number of H-pyrrole nitrogens is 1. The van der Waals surface area contributed by atoms with Gasteiger partial charge in [0.1, 0.15) is 5.75 Å². The minimum atomic E-state index is -0.180. The van der Waals surface area contributed by atoms with Gasteiger partial charge in [-0.3, -0.25) is 4.79 Å². The lowest BCUT2D eigenvalue weighted by atomic mass is 10.1. The Morgan fingerprint density at radius 2 is 1.72 bits per heavy atom. The first kappa shape index (κ1) is 12.7. The highest BCUT2D eigenvalue weighted by Crippen LogP contribution is 2.30. The zero-order chi connectivity index (χ0) is 12.0. The van der Waals surface area contributed by atoms with Gasteiger partial charge >= 0.3 is 0 Å². The number of nitrogens with one attached hydrogen (secondary N) is 1. The zero-order valence-corrected chi connectivity index (χ0v) is 10.7. The first-order valence-electron chi connectivity index (χ1n) is 5.10. The van der Waals surface area contributed by atoms with Crippen LogP contribution >= 0.6 is 24.0 Å². The van der Waals surface area contributed by atoms with E-state index in [1.807, 2.05) is 12.1 Å². The fourth-order valence-corrected chi connectivity index (χ4v) is 2.29. The van der Waals surface area contributed by atoms with Crippen molar-refractivity contribution >= 4 is 45.7 Å². The van der Waals surface area contributed by atoms with Crippen LogP contribution in [0.3, 0.4) is 0 Å². The first-order valence-corrected chi connectivity index (χ1v) is 5.48. The van der Waals surface area contributed by atoms with Gasteiger partial charge in [-0.25, -0.2) is 0 Å². The van der Waals surface area contributed by atoms with Gasteiger partial charge in [0.25, 0.3) is 5.56 Å². The molecule has 0 aliphatic carbocycles. The Bertz CT molecular complexity index is 796. The second kappa shape index (κ2) is 4.52. The highest BCUT2D eigenvalue weighted by molar-refractivity contribution is 6.36. The van der Waals surface area contributed by atoms with E-state index < -0.39 is 0 Å². The summed E-state index contributed by atoms with van der Waals surface area (Å²) in [7, 11) is 0. The number of benzene rings is 2. The molecule has 3 rings (SSSR count). The summed E-state index contributed by atoms with van der Waals surface area (Å²) >= 11 is 6.00. The molecule has 0 fully saturated rings. The van der Waals surface area contributed by atoms with Crippen molar-refractivity contribution in [1.82, 2.24) is 4.98 Å². The maximum Gasteiger partial charge on any atom is 0.256 e. The predicted octanol–water partition coefficient (Wildman–Crippen LogP) is 3.46. The molecule has 92 valence electrons. The topological polar surface area (TPSA) is 53.1 Å². The molecule has 2 aromatic carbocycles. The van der Waals surface area contributed by atoms with Crippen LogP contribution in [-0.4, -0.2) is 10.1 Å². The lowest BCUT2D eigenvalue weighted by Crippen LogP contribution is -2.06. The monoisotopic (exact) mass is 281 g/mol. The van der Waals surface area contributed by atoms with Crippen molar-refractivity contribution in [1.29, 1.82) is 0 Å². The Morgan fingerprint density at radius 1 is 1.06 bits per heavy atom. The standard InChI is InChI=1S/C13H8ClNO2.ClH/c14-11-6-7(16)5-10-8-3-1-2-4-9(8)13(17)15-12(10)11;/h1-6,16H,(H,15,17);1H. The summed E-state index contributed by atoms with van der Waals surface area (Å²) < 4.78 is 0. The van der Waals surface area contributed by atoms with E-state index in [1.54, 1.807) is 18.2 Å². The number of phenols is 1. The van der Waals surface area contributed by atoms with Crippen molar-refractivity contribution in [3.8, 4) is 5.75 Å². The lowest BCUT2D eigenvalue weighted by molar-refractivity contribution is 0.476. The minimum absolute atomic E-state index is 0. The summed E-state index contributed by atoms with van der Waals surface area (Å²) in [6.45, 7) is 0. The van der Waals surface area contributed by atoms with E-state index in [-0.39, 0.29) is 23.7 Å². The largest absolute Gasteiger partial charge is 0.508 e. The molecule has 0 radical (unpaired) electrons. The molecule has 0 aliphatic rings. The number of rotatable bonds is 0. The van der Waals surface area contributed by atoms with Crippen molar-refractivity contribution in [3.05, 3.63) is 51.8 Å². The molecule has 18 heavy (non-hydrogen) atoms. The Balaban J connectivity index is 0.00000120. The van der Waals surface area contributed by atoms with E-state index in [2.05, 4.69) is 4.98 Å². The average molecular weight is 282 g/mol. The third-order valence-corrected chi connectivity index (χ3v) is 3.07. The van der Waals surface area contributed by atoms with E-state index in [0.717, 1.165) is 10.8 Å². The molecule has 2 N–H and O–H groups in total. The van der Waals surface area contributed by atoms with Gasteiger partial charge in [0.2, 0.25) is 0 Å². The number of aromatic hydroxyl groups is 1. The molecule has 5 heteroatoms. The van der Waals surface area contributed by atoms with Crippen LogP contribution in [0.15, 0.2) is 41.2 Å². The van der Waals surface area contributed by atoms with E-state index in [0.29, 0.717) is 15.9 Å². The van der Waals surface area contributed by atoms with E-state index in [1.165, 1.54) is 6.07 Å². The zero-order valence-electron chi connectivity index (χ0n) is 9.11. The van der Waals surface area contributed by atoms with Gasteiger partial charge in [0.15, 0.2) is 0 Å². The van der Waals surface area contributed by atoms with E-state index in [4.69, 9.17) is 11.6 Å². The molecule has 0 saturated carbocycles. The predicted molar refractivity (Wildman–Crippen MR) is 76.0 cm³/mol. The van der Waals surface area contributed by atoms with Crippen LogP contribution in [0.1, 0.15) is 0 Å². The molecule has 0 spiro atoms. The average Bonchev–Trinajstić information content (AvgIpc) is 2.31. The molecule has 0 atom stereocenters. The Hall–Kier alpha value is -1.71. The Kier molecular flexibility index (Phi) is 3.20. The van der Waals surface area contributed by atoms with Crippen LogP contribution < -0.4 is 5.56 Å². The number of phenolic OH excluding ortho intramolecular Hbond substituents is 1. The number of fused-ring (bicyclic) bond motifs is 3. The summed E-state index contributed by atoms with van der Waals surface area (Å²) in [4.78, 5) is 14.6. The van der Waals surface area contributed by atoms with Gasteiger partial charge in [0.05, 0.1) is 10.5 Å². The normalized spacial score (nSPS) is 10.5. The second-order valence-corrected chi connectivity index (χ2v) is 4.26. The van der Waals surface area contributed by atoms with Crippen molar-refractivity contribution in [2.45, 2.75) is 0 Å². The molecule has 0 amide bonds. The van der Waals surface area contributed by atoms with E-state index in [9.17, 15) is 9.90 Å². The van der Waals surface area contributed by atoms with E-state index >= 15 is 0 Å². The summed E-state index contributed by atoms with van der Waals surface area (Å²) in [5, 5.41) is 12.0. The number of hydrogen-bond acceptors (Lipinski definition) is 2. The number of aromatic nitrogens is 1. The molecule has 0 bridgehead atoms. The number of hydrogen-bond donors (Lipinski definition) is 2. The Labute approximate surface area is 113 Å². The molecule has 1 aromatic heterocycles. The second-order valence-electron chi connectivity index (χ2n) is 3.85. The van der Waals surface area contributed by atoms with Gasteiger partial charge in [-0.05, 0) is 17.5 Å². The van der Waals surface area contributed by atoms with Crippen LogP contribution in [0, 0.1) is 0 Å². The SMILES string of the molecule is Cl.O=c1[nH]c2c(Cl)cc(O)cc2c2ccccc12. The number of halogens is 2. The fraction of sp³-hybridized carbons (Fsp3) is 0. The maximum atomic E-state index is 11.9. The molecule has 1 heterocycles. The summed E-state index contributed by atoms with van der Waals surface area (Å²) in [5.74, 6) is 0.0831. The molecule has 0 saturated heterocycles. The maximum absolute atomic E-state index is 11.9. The molecular weight excluding hydrogens is 273 g/mol. The lowest BCUT2D eigenvalue weighted by Gasteiger charge is -2.05. The van der Waals surface area contributed by atoms with Crippen LogP contribution in [0.5, 0.6) is 5.75 Å². The van der Waals surface area contributed by atoms with Crippen LogP contribution in [0.25, 0.3) is 21.7 Å². The smallest absolute Gasteiger partial charge is 0.256 e. The van der Waals surface area contributed by atoms with Crippen molar-refractivity contribution in [3.63, 3.8) is 0 Å². The number of pyridine rings is 1. The molecule has 0 aliphatic heterocycles. The highest BCUT2D eigenvalue weighted by atomic mass is 35.5. The summed E-state index contributed by atoms with van der Waals surface area (Å²) in [5.41, 5.74) is 0.369. The van der Waals surface area contributed by atoms with Crippen LogP contribution in [-0.2, 0) is 0 Å². The van der Waals surface area contributed by atoms with Gasteiger partial charge in [-0.2, -0.15) is 0 Å². The molecule has 3 aromatic rings. The van der Waals surface area contributed by atoms with Crippen molar-refractivity contribution in [2.24, 2.45) is 0 Å². The quantitative estimate of drug-likeness (QED) is 0.620. The minimum Gasteiger partial charge on any atom is -0.508 e. The van der Waals surface area contributed by atoms with Gasteiger partial charge in [-0.1, -0.05) is 29.8 Å². The van der Waals surface area contributed by atoms with Crippen molar-refractivity contribution < 1.29 is 5.11 Å². The van der Waals surface area contributed by atoms with Gasteiger partial charge in [0, 0.05) is 16.8 Å². The van der Waals surface area contributed by atoms with Crippen molar-refractivity contribution in [2.75, 3.05) is 0 Å².